The van der Waals surface area contributed by atoms with Crippen LogP contribution in [0.1, 0.15) is 49.2 Å². The predicted molar refractivity (Wildman–Crippen MR) is 118 cm³/mol. The predicted octanol–water partition coefficient (Wildman–Crippen LogP) is 4.26. The van der Waals surface area contributed by atoms with Crippen molar-refractivity contribution < 1.29 is 24.2 Å². The van der Waals surface area contributed by atoms with Gasteiger partial charge in [-0.15, -0.1) is 0 Å². The highest BCUT2D eigenvalue weighted by Crippen LogP contribution is 2.27. The molecule has 1 N–H and O–H groups in total. The Balaban J connectivity index is 2.05. The summed E-state index contributed by atoms with van der Waals surface area (Å²) in [6.45, 7) is 6.60. The Hall–Kier alpha value is -3.74. The van der Waals surface area contributed by atoms with Gasteiger partial charge in [0.25, 0.3) is 5.91 Å². The van der Waals surface area contributed by atoms with Crippen LogP contribution in [0.5, 0.6) is 5.75 Å². The first kappa shape index (κ1) is 22.0. The molecule has 1 aliphatic rings. The standard InChI is InChI=1S/C24H24N2O5/c1-14(27)19(23(29)31-24(2,3)4)20-17-8-6-7-9-18(17)21(25-20)26-22(28)15-10-12-16(30-5)13-11-15/h6-13,27H,1-5H3/b19-14-,26-21?. The van der Waals surface area contributed by atoms with Gasteiger partial charge in [0, 0.05) is 16.7 Å². The number of carbonyl (C=O) groups is 2. The second-order valence-corrected chi connectivity index (χ2v) is 7.94. The van der Waals surface area contributed by atoms with E-state index in [1.54, 1.807) is 76.4 Å². The van der Waals surface area contributed by atoms with E-state index in [9.17, 15) is 14.7 Å². The van der Waals surface area contributed by atoms with Crippen LogP contribution >= 0.6 is 0 Å². The summed E-state index contributed by atoms with van der Waals surface area (Å²) in [5.74, 6) is -0.634. The number of hydrogen-bond donors (Lipinski definition) is 1. The third kappa shape index (κ3) is 4.88. The molecule has 0 saturated carbocycles. The number of rotatable bonds is 4. The van der Waals surface area contributed by atoms with E-state index in [4.69, 9.17) is 9.47 Å². The number of methoxy groups -OCH3 is 1. The van der Waals surface area contributed by atoms with Gasteiger partial charge in [-0.25, -0.2) is 9.79 Å². The molecular formula is C24H24N2O5. The molecule has 0 bridgehead atoms. The number of nitrogens with zero attached hydrogens (tertiary/aromatic N) is 2. The van der Waals surface area contributed by atoms with Gasteiger partial charge in [0.1, 0.15) is 22.7 Å². The van der Waals surface area contributed by atoms with Crippen molar-refractivity contribution in [3.8, 4) is 5.75 Å². The number of aliphatic hydroxyl groups excluding tert-OH is 1. The van der Waals surface area contributed by atoms with Crippen LogP contribution in [0.4, 0.5) is 0 Å². The summed E-state index contributed by atoms with van der Waals surface area (Å²) in [6.07, 6.45) is 0. The molecular weight excluding hydrogens is 396 g/mol. The van der Waals surface area contributed by atoms with Gasteiger partial charge in [0.05, 0.1) is 12.8 Å². The van der Waals surface area contributed by atoms with Gasteiger partial charge >= 0.3 is 5.97 Å². The van der Waals surface area contributed by atoms with Crippen molar-refractivity contribution in [2.24, 2.45) is 9.98 Å². The SMILES string of the molecule is COc1ccc(C(=O)N=C2N=C(/C(C(=O)OC(C)(C)C)=C(\C)O)c3ccccc32)cc1. The Labute approximate surface area is 180 Å². The summed E-state index contributed by atoms with van der Waals surface area (Å²) in [5.41, 5.74) is 0.934. The maximum atomic E-state index is 12.8. The van der Waals surface area contributed by atoms with E-state index in [0.29, 0.717) is 22.4 Å². The maximum Gasteiger partial charge on any atom is 0.344 e. The fraction of sp³-hybridized carbons (Fsp3) is 0.250. The monoisotopic (exact) mass is 420 g/mol. The maximum absolute atomic E-state index is 12.8. The van der Waals surface area contributed by atoms with E-state index in [1.165, 1.54) is 6.92 Å². The van der Waals surface area contributed by atoms with Crippen molar-refractivity contribution in [2.45, 2.75) is 33.3 Å². The number of aliphatic imine (C=N–C) groups is 2. The van der Waals surface area contributed by atoms with E-state index < -0.39 is 17.5 Å². The van der Waals surface area contributed by atoms with E-state index in [-0.39, 0.29) is 22.9 Å². The molecule has 1 heterocycles. The van der Waals surface area contributed by atoms with E-state index >= 15 is 0 Å². The van der Waals surface area contributed by atoms with Crippen molar-refractivity contribution in [1.82, 2.24) is 0 Å². The molecule has 2 aromatic rings. The van der Waals surface area contributed by atoms with Crippen LogP contribution in [0.3, 0.4) is 0 Å². The molecule has 0 atom stereocenters. The second kappa shape index (κ2) is 8.55. The van der Waals surface area contributed by atoms with Gasteiger partial charge in [-0.3, -0.25) is 4.79 Å². The fourth-order valence-corrected chi connectivity index (χ4v) is 3.03. The molecule has 160 valence electrons. The zero-order valence-electron chi connectivity index (χ0n) is 18.1. The molecule has 1 aliphatic heterocycles. The molecule has 1 amide bonds. The molecule has 0 unspecified atom stereocenters. The molecule has 3 rings (SSSR count). The number of hydrogen-bond acceptors (Lipinski definition) is 5. The van der Waals surface area contributed by atoms with Crippen molar-refractivity contribution in [1.29, 1.82) is 0 Å². The summed E-state index contributed by atoms with van der Waals surface area (Å²) < 4.78 is 10.5. The summed E-state index contributed by atoms with van der Waals surface area (Å²) in [7, 11) is 1.54. The van der Waals surface area contributed by atoms with Crippen LogP contribution < -0.4 is 4.74 Å². The van der Waals surface area contributed by atoms with Crippen LogP contribution in [0.15, 0.2) is 69.8 Å². The van der Waals surface area contributed by atoms with Crippen molar-refractivity contribution in [3.05, 3.63) is 76.6 Å². The minimum Gasteiger partial charge on any atom is -0.512 e. The van der Waals surface area contributed by atoms with Crippen LogP contribution in [0.25, 0.3) is 0 Å². The lowest BCUT2D eigenvalue weighted by molar-refractivity contribution is -0.149. The zero-order valence-corrected chi connectivity index (χ0v) is 18.1. The molecule has 7 nitrogen and oxygen atoms in total. The van der Waals surface area contributed by atoms with Crippen molar-refractivity contribution in [3.63, 3.8) is 0 Å². The average Bonchev–Trinajstić information content (AvgIpc) is 3.04. The van der Waals surface area contributed by atoms with Crippen molar-refractivity contribution >= 4 is 23.4 Å². The normalized spacial score (nSPS) is 15.1. The largest absolute Gasteiger partial charge is 0.512 e. The van der Waals surface area contributed by atoms with E-state index in [0.717, 1.165) is 0 Å². The second-order valence-electron chi connectivity index (χ2n) is 7.94. The topological polar surface area (TPSA) is 97.6 Å². The lowest BCUT2D eigenvalue weighted by atomic mass is 9.99. The Morgan fingerprint density at radius 2 is 1.61 bits per heavy atom. The molecule has 0 aliphatic carbocycles. The fourth-order valence-electron chi connectivity index (χ4n) is 3.03. The Morgan fingerprint density at radius 1 is 1.00 bits per heavy atom. The summed E-state index contributed by atoms with van der Waals surface area (Å²) in [5, 5.41) is 10.2. The van der Waals surface area contributed by atoms with Gasteiger partial charge in [0.15, 0.2) is 5.84 Å². The highest BCUT2D eigenvalue weighted by atomic mass is 16.6. The Kier molecular flexibility index (Phi) is 6.06. The molecule has 0 radical (unpaired) electrons. The number of ether oxygens (including phenoxy) is 2. The quantitative estimate of drug-likeness (QED) is 0.453. The molecule has 0 spiro atoms. The van der Waals surface area contributed by atoms with Crippen LogP contribution in [0, 0.1) is 0 Å². The van der Waals surface area contributed by atoms with Gasteiger partial charge < -0.3 is 14.6 Å². The number of aliphatic hydroxyl groups is 1. The third-order valence-electron chi connectivity index (χ3n) is 4.39. The van der Waals surface area contributed by atoms with Crippen LogP contribution in [-0.2, 0) is 9.53 Å². The molecule has 0 aromatic heterocycles. The zero-order chi connectivity index (χ0) is 22.8. The number of fused-ring (bicyclic) bond motifs is 1. The van der Waals surface area contributed by atoms with Crippen LogP contribution in [0.2, 0.25) is 0 Å². The first-order chi connectivity index (χ1) is 14.6. The number of amides is 1. The van der Waals surface area contributed by atoms with E-state index in [2.05, 4.69) is 9.98 Å². The number of benzene rings is 2. The highest BCUT2D eigenvalue weighted by Gasteiger charge is 2.32. The minimum absolute atomic E-state index is 0.0653. The average molecular weight is 420 g/mol. The van der Waals surface area contributed by atoms with Gasteiger partial charge in [-0.1, -0.05) is 24.3 Å². The molecule has 0 saturated heterocycles. The number of esters is 1. The summed E-state index contributed by atoms with van der Waals surface area (Å²) >= 11 is 0. The molecule has 0 fully saturated rings. The van der Waals surface area contributed by atoms with Gasteiger partial charge in [-0.05, 0) is 52.0 Å². The smallest absolute Gasteiger partial charge is 0.344 e. The number of carbonyl (C=O) groups excluding carboxylic acids is 2. The minimum atomic E-state index is -0.752. The number of amidine groups is 1. The van der Waals surface area contributed by atoms with Crippen LogP contribution in [-0.4, -0.2) is 41.2 Å². The summed E-state index contributed by atoms with van der Waals surface area (Å²) in [6, 6.07) is 13.6. The van der Waals surface area contributed by atoms with Gasteiger partial charge in [-0.2, -0.15) is 4.99 Å². The lowest BCUT2D eigenvalue weighted by Crippen LogP contribution is -2.28. The third-order valence-corrected chi connectivity index (χ3v) is 4.39. The molecule has 2 aromatic carbocycles. The van der Waals surface area contributed by atoms with Gasteiger partial charge in [0.2, 0.25) is 0 Å². The Bertz CT molecular complexity index is 1120. The van der Waals surface area contributed by atoms with E-state index in [1.807, 2.05) is 0 Å². The first-order valence-electron chi connectivity index (χ1n) is 9.70. The van der Waals surface area contributed by atoms with Crippen molar-refractivity contribution in [2.75, 3.05) is 7.11 Å². The highest BCUT2D eigenvalue weighted by molar-refractivity contribution is 6.36. The lowest BCUT2D eigenvalue weighted by Gasteiger charge is -2.21. The summed E-state index contributed by atoms with van der Waals surface area (Å²) in [4.78, 5) is 34.1. The Morgan fingerprint density at radius 3 is 2.16 bits per heavy atom. The molecule has 31 heavy (non-hydrogen) atoms. The first-order valence-corrected chi connectivity index (χ1v) is 9.70. The molecule has 7 heteroatoms. The number of allylic oxidation sites excluding steroid dienone is 1.